The molecule has 0 spiro atoms. The number of halogens is 1. The molecule has 0 aliphatic carbocycles. The lowest BCUT2D eigenvalue weighted by molar-refractivity contribution is 0.133. The van der Waals surface area contributed by atoms with Crippen molar-refractivity contribution >= 4 is 41.7 Å². The van der Waals surface area contributed by atoms with Crippen LogP contribution in [0, 0.1) is 0 Å². The summed E-state index contributed by atoms with van der Waals surface area (Å²) in [6.45, 7) is 9.44. The molecule has 2 N–H and O–H groups in total. The smallest absolute Gasteiger partial charge is 0.191 e. The largest absolute Gasteiger partial charge is 0.377 e. The van der Waals surface area contributed by atoms with Gasteiger partial charge in [-0.15, -0.1) is 24.0 Å². The Balaban J connectivity index is 0.00000484. The number of nitrogens with one attached hydrogen (secondary N) is 2. The number of guanidine groups is 1. The van der Waals surface area contributed by atoms with Crippen LogP contribution in [0.1, 0.15) is 31.9 Å². The van der Waals surface area contributed by atoms with Crippen molar-refractivity contribution in [3.8, 4) is 0 Å². The molecule has 23 heavy (non-hydrogen) atoms. The summed E-state index contributed by atoms with van der Waals surface area (Å²) in [5.41, 5.74) is 2.46. The van der Waals surface area contributed by atoms with Crippen LogP contribution in [-0.2, 0) is 17.9 Å². The third-order valence-corrected chi connectivity index (χ3v) is 4.73. The molecule has 0 heterocycles. The maximum Gasteiger partial charge on any atom is 0.191 e. The Kier molecular flexibility index (Phi) is 11.7. The van der Waals surface area contributed by atoms with E-state index in [4.69, 9.17) is 4.74 Å². The van der Waals surface area contributed by atoms with Crippen LogP contribution in [0.4, 0.5) is 0 Å². The van der Waals surface area contributed by atoms with Crippen LogP contribution >= 0.6 is 35.7 Å². The van der Waals surface area contributed by atoms with E-state index in [0.717, 1.165) is 25.7 Å². The highest BCUT2D eigenvalue weighted by Gasteiger charge is 2.16. The molecule has 0 saturated carbocycles. The second-order valence-corrected chi connectivity index (χ2v) is 7.16. The summed E-state index contributed by atoms with van der Waals surface area (Å²) in [7, 11) is 1.80. The predicted molar refractivity (Wildman–Crippen MR) is 113 cm³/mol. The minimum absolute atomic E-state index is 0. The third kappa shape index (κ3) is 8.81. The van der Waals surface area contributed by atoms with Crippen LogP contribution in [0.5, 0.6) is 0 Å². The van der Waals surface area contributed by atoms with Crippen molar-refractivity contribution in [3.05, 3.63) is 35.4 Å². The molecule has 1 rings (SSSR count). The zero-order valence-electron chi connectivity index (χ0n) is 14.8. The zero-order chi connectivity index (χ0) is 16.4. The van der Waals surface area contributed by atoms with Gasteiger partial charge in [0, 0.05) is 31.5 Å². The van der Waals surface area contributed by atoms with E-state index in [0.29, 0.717) is 6.61 Å². The number of rotatable bonds is 8. The molecule has 0 bridgehead atoms. The first kappa shape index (κ1) is 22.5. The third-order valence-electron chi connectivity index (χ3n) is 3.48. The molecule has 0 amide bonds. The van der Waals surface area contributed by atoms with Gasteiger partial charge in [-0.25, -0.2) is 0 Å². The number of ether oxygens (including phenoxy) is 1. The fourth-order valence-corrected chi connectivity index (χ4v) is 2.07. The molecular formula is C17H30IN3OS. The molecule has 132 valence electrons. The lowest BCUT2D eigenvalue weighted by Gasteiger charge is -2.24. The molecule has 0 fully saturated rings. The number of thioether (sulfide) groups is 1. The highest BCUT2D eigenvalue weighted by molar-refractivity contribution is 14.0. The molecule has 4 nitrogen and oxygen atoms in total. The maximum atomic E-state index is 5.52. The molecule has 0 saturated heterocycles. The van der Waals surface area contributed by atoms with Gasteiger partial charge in [0.05, 0.1) is 6.61 Å². The summed E-state index contributed by atoms with van der Waals surface area (Å²) in [4.78, 5) is 4.29. The van der Waals surface area contributed by atoms with Gasteiger partial charge in [0.2, 0.25) is 0 Å². The Morgan fingerprint density at radius 2 is 1.87 bits per heavy atom. The molecule has 0 radical (unpaired) electrons. The van der Waals surface area contributed by atoms with E-state index >= 15 is 0 Å². The first-order chi connectivity index (χ1) is 10.5. The van der Waals surface area contributed by atoms with Crippen molar-refractivity contribution < 1.29 is 4.74 Å². The summed E-state index contributed by atoms with van der Waals surface area (Å²) in [6, 6.07) is 8.34. The minimum atomic E-state index is 0. The van der Waals surface area contributed by atoms with E-state index in [-0.39, 0.29) is 28.7 Å². The van der Waals surface area contributed by atoms with Crippen molar-refractivity contribution in [1.82, 2.24) is 10.6 Å². The van der Waals surface area contributed by atoms with Gasteiger partial charge in [-0.05, 0) is 38.2 Å². The zero-order valence-corrected chi connectivity index (χ0v) is 18.0. The lowest BCUT2D eigenvalue weighted by atomic mass is 10.1. The van der Waals surface area contributed by atoms with E-state index < -0.39 is 0 Å². The van der Waals surface area contributed by atoms with Crippen LogP contribution < -0.4 is 10.6 Å². The fraction of sp³-hybridized carbons (Fsp3) is 0.588. The van der Waals surface area contributed by atoms with Crippen LogP contribution in [-0.4, -0.2) is 37.2 Å². The van der Waals surface area contributed by atoms with Crippen molar-refractivity contribution in [2.24, 2.45) is 4.99 Å². The quantitative estimate of drug-likeness (QED) is 0.360. The molecule has 1 aromatic carbocycles. The first-order valence-electron chi connectivity index (χ1n) is 7.66. The average Bonchev–Trinajstić information content (AvgIpc) is 2.54. The Hall–Kier alpha value is -0.470. The van der Waals surface area contributed by atoms with Gasteiger partial charge in [-0.2, -0.15) is 11.8 Å². The highest BCUT2D eigenvalue weighted by Crippen LogP contribution is 2.19. The second-order valence-electron chi connectivity index (χ2n) is 5.65. The van der Waals surface area contributed by atoms with Gasteiger partial charge in [0.25, 0.3) is 0 Å². The van der Waals surface area contributed by atoms with Gasteiger partial charge in [-0.3, -0.25) is 4.99 Å². The Bertz CT molecular complexity index is 481. The molecule has 0 unspecified atom stereocenters. The number of hydrogen-bond donors (Lipinski definition) is 2. The highest BCUT2D eigenvalue weighted by atomic mass is 127. The van der Waals surface area contributed by atoms with Crippen LogP contribution in [0.25, 0.3) is 0 Å². The summed E-state index contributed by atoms with van der Waals surface area (Å²) in [5.74, 6) is 0.827. The molecule has 0 atom stereocenters. The number of hydrogen-bond acceptors (Lipinski definition) is 3. The standard InChI is InChI=1S/C17H29N3OS.HI/c1-6-21-12-15-10-8-7-9-14(15)11-19-16(18-4)20-13-17(2,3)22-5;/h7-10H,6,11-13H2,1-5H3,(H2,18,19,20);1H. The Morgan fingerprint density at radius 3 is 2.43 bits per heavy atom. The average molecular weight is 451 g/mol. The summed E-state index contributed by atoms with van der Waals surface area (Å²) < 4.78 is 5.71. The normalized spacial score (nSPS) is 11.8. The monoisotopic (exact) mass is 451 g/mol. The molecule has 0 aromatic heterocycles. The molecule has 1 aromatic rings. The van der Waals surface area contributed by atoms with Crippen molar-refractivity contribution in [1.29, 1.82) is 0 Å². The van der Waals surface area contributed by atoms with E-state index in [1.165, 1.54) is 11.1 Å². The van der Waals surface area contributed by atoms with Crippen LogP contribution in [0.3, 0.4) is 0 Å². The topological polar surface area (TPSA) is 45.6 Å². The van der Waals surface area contributed by atoms with Crippen LogP contribution in [0.15, 0.2) is 29.3 Å². The van der Waals surface area contributed by atoms with Crippen molar-refractivity contribution in [3.63, 3.8) is 0 Å². The van der Waals surface area contributed by atoms with Crippen molar-refractivity contribution in [2.45, 2.75) is 38.7 Å². The first-order valence-corrected chi connectivity index (χ1v) is 8.89. The fourth-order valence-electron chi connectivity index (χ4n) is 1.85. The molecular weight excluding hydrogens is 421 g/mol. The lowest BCUT2D eigenvalue weighted by Crippen LogP contribution is -2.43. The molecule has 0 aliphatic heterocycles. The van der Waals surface area contributed by atoms with E-state index in [1.54, 1.807) is 7.05 Å². The predicted octanol–water partition coefficient (Wildman–Crippen LogP) is 3.65. The van der Waals surface area contributed by atoms with E-state index in [1.807, 2.05) is 24.8 Å². The molecule has 6 heteroatoms. The minimum Gasteiger partial charge on any atom is -0.377 e. The molecule has 0 aliphatic rings. The van der Waals surface area contributed by atoms with Gasteiger partial charge in [0.1, 0.15) is 0 Å². The van der Waals surface area contributed by atoms with E-state index in [2.05, 4.69) is 53.9 Å². The van der Waals surface area contributed by atoms with Crippen LogP contribution in [0.2, 0.25) is 0 Å². The summed E-state index contributed by atoms with van der Waals surface area (Å²) in [5, 5.41) is 6.75. The van der Waals surface area contributed by atoms with Crippen molar-refractivity contribution in [2.75, 3.05) is 26.5 Å². The number of nitrogens with zero attached hydrogens (tertiary/aromatic N) is 1. The number of aliphatic imine (C=N–C) groups is 1. The van der Waals surface area contributed by atoms with Gasteiger partial charge < -0.3 is 15.4 Å². The van der Waals surface area contributed by atoms with Gasteiger partial charge in [-0.1, -0.05) is 24.3 Å². The maximum absolute atomic E-state index is 5.52. The second kappa shape index (κ2) is 12.0. The number of benzene rings is 1. The van der Waals surface area contributed by atoms with Gasteiger partial charge >= 0.3 is 0 Å². The summed E-state index contributed by atoms with van der Waals surface area (Å²) >= 11 is 1.84. The SMILES string of the molecule is CCOCc1ccccc1CNC(=NC)NCC(C)(C)SC.I. The Labute approximate surface area is 162 Å². The van der Waals surface area contributed by atoms with E-state index in [9.17, 15) is 0 Å². The Morgan fingerprint density at radius 1 is 1.22 bits per heavy atom. The van der Waals surface area contributed by atoms with Gasteiger partial charge in [0.15, 0.2) is 5.96 Å². The summed E-state index contributed by atoms with van der Waals surface area (Å²) in [6.07, 6.45) is 2.13.